The molecular formula is C19H16ClN3O4S2. The fourth-order valence-electron chi connectivity index (χ4n) is 3.20. The van der Waals surface area contributed by atoms with Crippen molar-refractivity contribution in [1.82, 2.24) is 4.98 Å². The first kappa shape index (κ1) is 19.8. The molecule has 1 saturated heterocycles. The Hall–Kier alpha value is -2.46. The number of sulfonamides is 1. The van der Waals surface area contributed by atoms with Crippen LogP contribution in [0.15, 0.2) is 58.9 Å². The number of hydrogen-bond donors (Lipinski definition) is 1. The first-order valence-electron chi connectivity index (χ1n) is 8.61. The summed E-state index contributed by atoms with van der Waals surface area (Å²) in [5.74, 6) is 0.398. The van der Waals surface area contributed by atoms with E-state index in [9.17, 15) is 13.2 Å². The van der Waals surface area contributed by atoms with Crippen molar-refractivity contribution < 1.29 is 17.9 Å². The van der Waals surface area contributed by atoms with E-state index < -0.39 is 10.0 Å². The average Bonchev–Trinajstić information content (AvgIpc) is 3.32. The molecule has 0 saturated carbocycles. The highest BCUT2D eigenvalue weighted by Crippen LogP contribution is 2.37. The van der Waals surface area contributed by atoms with Crippen molar-refractivity contribution >= 4 is 44.6 Å². The zero-order valence-electron chi connectivity index (χ0n) is 15.0. The maximum absolute atomic E-state index is 12.6. The Balaban J connectivity index is 1.55. The molecule has 0 bridgehead atoms. The number of anilines is 1. The number of ether oxygens (including phenoxy) is 1. The molecular weight excluding hydrogens is 434 g/mol. The maximum Gasteiger partial charge on any atom is 0.278 e. The van der Waals surface area contributed by atoms with E-state index in [0.717, 1.165) is 5.56 Å². The van der Waals surface area contributed by atoms with Crippen molar-refractivity contribution in [2.75, 3.05) is 11.4 Å². The maximum atomic E-state index is 12.6. The van der Waals surface area contributed by atoms with Crippen LogP contribution in [0.2, 0.25) is 5.02 Å². The highest BCUT2D eigenvalue weighted by atomic mass is 35.5. The van der Waals surface area contributed by atoms with E-state index in [2.05, 4.69) is 4.98 Å². The van der Waals surface area contributed by atoms with Crippen LogP contribution in [0.25, 0.3) is 0 Å². The number of thiazole rings is 1. The lowest BCUT2D eigenvalue weighted by Gasteiger charge is -2.17. The Morgan fingerprint density at radius 1 is 1.21 bits per heavy atom. The smallest absolute Gasteiger partial charge is 0.278 e. The van der Waals surface area contributed by atoms with Crippen molar-refractivity contribution in [2.45, 2.75) is 17.2 Å². The van der Waals surface area contributed by atoms with E-state index in [4.69, 9.17) is 21.5 Å². The van der Waals surface area contributed by atoms with Gasteiger partial charge in [-0.25, -0.2) is 18.5 Å². The quantitative estimate of drug-likeness (QED) is 0.638. The third kappa shape index (κ3) is 4.27. The molecule has 2 N–H and O–H groups in total. The number of nitrogens with two attached hydrogens (primary N) is 1. The topological polar surface area (TPSA) is 103 Å². The number of aromatic nitrogens is 1. The number of hydrogen-bond acceptors (Lipinski definition) is 6. The van der Waals surface area contributed by atoms with E-state index >= 15 is 0 Å². The molecule has 2 heterocycles. The van der Waals surface area contributed by atoms with Crippen molar-refractivity contribution in [2.24, 2.45) is 5.14 Å². The summed E-state index contributed by atoms with van der Waals surface area (Å²) in [7, 11) is -3.77. The Morgan fingerprint density at radius 3 is 2.62 bits per heavy atom. The molecule has 7 nitrogen and oxygen atoms in total. The molecule has 1 amide bonds. The summed E-state index contributed by atoms with van der Waals surface area (Å²) in [6, 6.07) is 11.4. The van der Waals surface area contributed by atoms with Gasteiger partial charge >= 0.3 is 0 Å². The standard InChI is InChI=1S/C19H16ClN3O4S2/c20-16-6-1-12(9-17(16)27-19-22-7-8-28-19)13-10-18(24)23(11-13)14-2-4-15(5-3-14)29(21,25)26/h1-9,13H,10-11H2,(H2,21,25,26)/t13-/m0/s1. The van der Waals surface area contributed by atoms with Crippen LogP contribution < -0.4 is 14.8 Å². The van der Waals surface area contributed by atoms with Crippen LogP contribution >= 0.6 is 22.9 Å². The first-order valence-corrected chi connectivity index (χ1v) is 11.4. The van der Waals surface area contributed by atoms with Crippen LogP contribution in [0.1, 0.15) is 17.9 Å². The summed E-state index contributed by atoms with van der Waals surface area (Å²) in [5.41, 5.74) is 1.55. The van der Waals surface area contributed by atoms with Crippen LogP contribution in [0.5, 0.6) is 10.9 Å². The second kappa shape index (κ2) is 7.75. The second-order valence-corrected chi connectivity index (χ2v) is 9.36. The Morgan fingerprint density at radius 2 is 1.97 bits per heavy atom. The fourth-order valence-corrected chi connectivity index (χ4v) is 4.37. The van der Waals surface area contributed by atoms with Crippen molar-refractivity contribution in [1.29, 1.82) is 0 Å². The predicted octanol–water partition coefficient (Wildman–Crippen LogP) is 3.76. The molecule has 1 fully saturated rings. The monoisotopic (exact) mass is 449 g/mol. The Labute approximate surface area is 176 Å². The number of carbonyl (C=O) groups excluding carboxylic acids is 1. The summed E-state index contributed by atoms with van der Waals surface area (Å²) in [6.45, 7) is 0.464. The van der Waals surface area contributed by atoms with Gasteiger partial charge in [-0.1, -0.05) is 29.0 Å². The summed E-state index contributed by atoms with van der Waals surface area (Å²) in [6.07, 6.45) is 1.97. The largest absolute Gasteiger partial charge is 0.429 e. The minimum atomic E-state index is -3.77. The van der Waals surface area contributed by atoms with E-state index in [1.54, 1.807) is 29.3 Å². The molecule has 29 heavy (non-hydrogen) atoms. The van der Waals surface area contributed by atoms with Gasteiger partial charge in [0.1, 0.15) is 5.75 Å². The lowest BCUT2D eigenvalue weighted by Crippen LogP contribution is -2.24. The zero-order chi connectivity index (χ0) is 20.6. The molecule has 0 spiro atoms. The van der Waals surface area contributed by atoms with Crippen molar-refractivity contribution in [3.8, 4) is 10.9 Å². The lowest BCUT2D eigenvalue weighted by molar-refractivity contribution is -0.117. The number of carbonyl (C=O) groups is 1. The highest BCUT2D eigenvalue weighted by molar-refractivity contribution is 7.89. The van der Waals surface area contributed by atoms with Gasteiger partial charge < -0.3 is 9.64 Å². The van der Waals surface area contributed by atoms with E-state index in [0.29, 0.717) is 34.6 Å². The summed E-state index contributed by atoms with van der Waals surface area (Å²) < 4.78 is 28.6. The van der Waals surface area contributed by atoms with E-state index in [1.165, 1.54) is 23.5 Å². The molecule has 0 radical (unpaired) electrons. The summed E-state index contributed by atoms with van der Waals surface area (Å²) in [5, 5.41) is 7.88. The molecule has 1 aliphatic heterocycles. The van der Waals surface area contributed by atoms with Gasteiger partial charge in [-0.2, -0.15) is 0 Å². The van der Waals surface area contributed by atoms with Crippen molar-refractivity contribution in [3.63, 3.8) is 0 Å². The van der Waals surface area contributed by atoms with Crippen LogP contribution in [0.3, 0.4) is 0 Å². The van der Waals surface area contributed by atoms with Gasteiger partial charge in [0.2, 0.25) is 15.9 Å². The van der Waals surface area contributed by atoms with Crippen LogP contribution in [0, 0.1) is 0 Å². The molecule has 0 unspecified atom stereocenters. The fraction of sp³-hybridized carbons (Fsp3) is 0.158. The lowest BCUT2D eigenvalue weighted by atomic mass is 9.98. The Kier molecular flexibility index (Phi) is 5.30. The zero-order valence-corrected chi connectivity index (χ0v) is 17.4. The van der Waals surface area contributed by atoms with Gasteiger partial charge in [0.15, 0.2) is 0 Å². The van der Waals surface area contributed by atoms with Gasteiger partial charge in [0, 0.05) is 36.1 Å². The number of primary sulfonamides is 1. The second-order valence-electron chi connectivity index (χ2n) is 6.53. The van der Waals surface area contributed by atoms with Crippen LogP contribution in [-0.4, -0.2) is 25.9 Å². The number of halogens is 1. The molecule has 1 atom stereocenters. The van der Waals surface area contributed by atoms with E-state index in [1.807, 2.05) is 17.5 Å². The number of amides is 1. The van der Waals surface area contributed by atoms with Crippen LogP contribution in [-0.2, 0) is 14.8 Å². The van der Waals surface area contributed by atoms with Gasteiger partial charge in [-0.3, -0.25) is 4.79 Å². The molecule has 2 aromatic carbocycles. The molecule has 10 heteroatoms. The number of benzene rings is 2. The molecule has 1 aromatic heterocycles. The third-order valence-corrected chi connectivity index (χ3v) is 6.53. The number of nitrogens with zero attached hydrogens (tertiary/aromatic N) is 2. The van der Waals surface area contributed by atoms with Gasteiger partial charge in [0.25, 0.3) is 5.19 Å². The minimum absolute atomic E-state index is 0.00567. The van der Waals surface area contributed by atoms with Gasteiger partial charge in [-0.15, -0.1) is 0 Å². The average molecular weight is 450 g/mol. The summed E-state index contributed by atoms with van der Waals surface area (Å²) in [4.78, 5) is 18.3. The predicted molar refractivity (Wildman–Crippen MR) is 111 cm³/mol. The highest BCUT2D eigenvalue weighted by Gasteiger charge is 2.32. The molecule has 4 rings (SSSR count). The normalized spacial score (nSPS) is 17.0. The summed E-state index contributed by atoms with van der Waals surface area (Å²) >= 11 is 7.60. The first-order chi connectivity index (χ1) is 13.8. The minimum Gasteiger partial charge on any atom is -0.429 e. The van der Waals surface area contributed by atoms with E-state index in [-0.39, 0.29) is 16.7 Å². The SMILES string of the molecule is NS(=O)(=O)c1ccc(N2C[C@@H](c3ccc(Cl)c(Oc4nccs4)c3)CC2=O)cc1. The third-order valence-electron chi connectivity index (χ3n) is 4.64. The van der Waals surface area contributed by atoms with Gasteiger partial charge in [-0.05, 0) is 42.0 Å². The number of rotatable bonds is 5. The van der Waals surface area contributed by atoms with Crippen LogP contribution in [0.4, 0.5) is 5.69 Å². The van der Waals surface area contributed by atoms with Crippen molar-refractivity contribution in [3.05, 3.63) is 64.6 Å². The molecule has 0 aliphatic carbocycles. The molecule has 1 aliphatic rings. The Bertz CT molecular complexity index is 1150. The molecule has 150 valence electrons. The van der Waals surface area contributed by atoms with Gasteiger partial charge in [0.05, 0.1) is 9.92 Å². The molecule has 3 aromatic rings.